The van der Waals surface area contributed by atoms with Crippen LogP contribution in [0.4, 0.5) is 0 Å². The highest BCUT2D eigenvalue weighted by Gasteiger charge is 2.16. The summed E-state index contributed by atoms with van der Waals surface area (Å²) in [6.45, 7) is 13.6. The highest BCUT2D eigenvalue weighted by atomic mass is 16.5. The van der Waals surface area contributed by atoms with Gasteiger partial charge in [0.15, 0.2) is 0 Å². The number of rotatable bonds is 46. The predicted molar refractivity (Wildman–Crippen MR) is 253 cm³/mol. The monoisotopic (exact) mass is 846 g/mol. The van der Waals surface area contributed by atoms with Crippen LogP contribution in [-0.4, -0.2) is 70.4 Å². The van der Waals surface area contributed by atoms with E-state index in [2.05, 4.69) is 42.1 Å². The predicted octanol–water partition coefficient (Wildman–Crippen LogP) is 14.2. The second-order valence-corrected chi connectivity index (χ2v) is 18.4. The number of esters is 2. The highest BCUT2D eigenvalue weighted by Crippen LogP contribution is 2.22. The van der Waals surface area contributed by atoms with Crippen molar-refractivity contribution >= 4 is 11.9 Å². The molecule has 0 saturated carbocycles. The average molecular weight is 846 g/mol. The topological polar surface area (TPSA) is 93.9 Å². The van der Waals surface area contributed by atoms with Crippen LogP contribution in [0, 0.1) is 11.8 Å². The highest BCUT2D eigenvalue weighted by molar-refractivity contribution is 5.69. The number of aliphatic hydroxyl groups excluding tert-OH is 1. The number of carbonyl (C=O) groups excluding carboxylic acids is 2. The van der Waals surface area contributed by atoms with Crippen molar-refractivity contribution in [1.82, 2.24) is 14.5 Å². The standard InChI is InChI=1S/C52H99N3O5/c1-5-9-13-17-19-25-34-48(32-23-15-11-7-3)45-59-51(57)37-27-21-22-30-40-54(41-31-42-55-43-39-53-47-55)44-50(56)36-28-29-38-52(58)60-46-49(33-24-16-12-8-4)35-26-20-18-14-10-6-2/h39,43,47-50,56H,5-38,40-42,44-46H2,1-4H3. The maximum atomic E-state index is 12.7. The van der Waals surface area contributed by atoms with Crippen LogP contribution in [0.25, 0.3) is 0 Å². The Bertz CT molecular complexity index is 1050. The lowest BCUT2D eigenvalue weighted by atomic mass is 9.95. The molecule has 1 heterocycles. The van der Waals surface area contributed by atoms with Crippen LogP contribution in [0.5, 0.6) is 0 Å². The Kier molecular flexibility index (Phi) is 39.6. The molecule has 8 nitrogen and oxygen atoms in total. The summed E-state index contributed by atoms with van der Waals surface area (Å²) >= 11 is 0. The molecule has 0 aliphatic rings. The fraction of sp³-hybridized carbons (Fsp3) is 0.904. The molecule has 1 N–H and O–H groups in total. The average Bonchev–Trinajstić information content (AvgIpc) is 3.77. The van der Waals surface area contributed by atoms with E-state index in [9.17, 15) is 14.7 Å². The number of aliphatic hydroxyl groups is 1. The van der Waals surface area contributed by atoms with E-state index in [1.165, 1.54) is 154 Å². The smallest absolute Gasteiger partial charge is 0.305 e. The molecule has 352 valence electrons. The van der Waals surface area contributed by atoms with Crippen LogP contribution in [0.1, 0.15) is 246 Å². The molecule has 8 heteroatoms. The Hall–Kier alpha value is -1.93. The fourth-order valence-electron chi connectivity index (χ4n) is 8.52. The van der Waals surface area contributed by atoms with E-state index in [0.29, 0.717) is 50.9 Å². The van der Waals surface area contributed by atoms with E-state index >= 15 is 0 Å². The Morgan fingerprint density at radius 1 is 0.533 bits per heavy atom. The summed E-state index contributed by atoms with van der Waals surface area (Å²) in [6, 6.07) is 0. The lowest BCUT2D eigenvalue weighted by Gasteiger charge is -2.25. The summed E-state index contributed by atoms with van der Waals surface area (Å²) in [5.41, 5.74) is 0. The summed E-state index contributed by atoms with van der Waals surface area (Å²) in [4.78, 5) is 32.0. The number of aromatic nitrogens is 2. The largest absolute Gasteiger partial charge is 0.465 e. The van der Waals surface area contributed by atoms with Crippen molar-refractivity contribution in [3.05, 3.63) is 18.7 Å². The quantitative estimate of drug-likeness (QED) is 0.0516. The van der Waals surface area contributed by atoms with Gasteiger partial charge in [0.05, 0.1) is 25.6 Å². The van der Waals surface area contributed by atoms with Crippen LogP contribution < -0.4 is 0 Å². The van der Waals surface area contributed by atoms with Crippen LogP contribution in [0.3, 0.4) is 0 Å². The molecule has 1 aromatic rings. The Balaban J connectivity index is 2.40. The first-order chi connectivity index (χ1) is 29.4. The van der Waals surface area contributed by atoms with Gasteiger partial charge in [-0.2, -0.15) is 0 Å². The van der Waals surface area contributed by atoms with Crippen LogP contribution in [0.2, 0.25) is 0 Å². The van der Waals surface area contributed by atoms with Gasteiger partial charge in [-0.3, -0.25) is 9.59 Å². The minimum Gasteiger partial charge on any atom is -0.465 e. The zero-order chi connectivity index (χ0) is 43.6. The number of carbonyl (C=O) groups is 2. The molecule has 0 spiro atoms. The van der Waals surface area contributed by atoms with Crippen LogP contribution in [0.15, 0.2) is 18.7 Å². The van der Waals surface area contributed by atoms with Crippen molar-refractivity contribution in [2.45, 2.75) is 259 Å². The number of nitrogens with zero attached hydrogens (tertiary/aromatic N) is 3. The summed E-state index contributed by atoms with van der Waals surface area (Å²) in [7, 11) is 0. The van der Waals surface area contributed by atoms with Crippen molar-refractivity contribution < 1.29 is 24.2 Å². The Morgan fingerprint density at radius 3 is 1.42 bits per heavy atom. The molecular weight excluding hydrogens is 747 g/mol. The van der Waals surface area contributed by atoms with Gasteiger partial charge in [0.2, 0.25) is 0 Å². The van der Waals surface area contributed by atoms with Crippen molar-refractivity contribution in [2.75, 3.05) is 32.8 Å². The minimum atomic E-state index is -0.412. The van der Waals surface area contributed by atoms with Gasteiger partial charge in [0, 0.05) is 38.3 Å². The maximum absolute atomic E-state index is 12.7. The first-order valence-electron chi connectivity index (χ1n) is 26.1. The summed E-state index contributed by atoms with van der Waals surface area (Å²) in [5.74, 6) is 0.892. The zero-order valence-corrected chi connectivity index (χ0v) is 40.2. The van der Waals surface area contributed by atoms with Crippen molar-refractivity contribution in [1.29, 1.82) is 0 Å². The summed E-state index contributed by atoms with van der Waals surface area (Å²) in [5, 5.41) is 11.0. The van der Waals surface area contributed by atoms with Gasteiger partial charge in [0.1, 0.15) is 0 Å². The van der Waals surface area contributed by atoms with Gasteiger partial charge in [-0.25, -0.2) is 4.98 Å². The lowest BCUT2D eigenvalue weighted by molar-refractivity contribution is -0.146. The summed E-state index contributed by atoms with van der Waals surface area (Å²) in [6.07, 6.45) is 44.0. The molecular formula is C52H99N3O5. The number of aryl methyl sites for hydroxylation is 1. The van der Waals surface area contributed by atoms with E-state index in [1.54, 1.807) is 0 Å². The minimum absolute atomic E-state index is 0.0282. The van der Waals surface area contributed by atoms with Crippen molar-refractivity contribution in [2.24, 2.45) is 11.8 Å². The molecule has 60 heavy (non-hydrogen) atoms. The number of ether oxygens (including phenoxy) is 2. The van der Waals surface area contributed by atoms with E-state index < -0.39 is 6.10 Å². The van der Waals surface area contributed by atoms with E-state index in [0.717, 1.165) is 64.6 Å². The van der Waals surface area contributed by atoms with Gasteiger partial charge in [-0.15, -0.1) is 0 Å². The third kappa shape index (κ3) is 35.6. The lowest BCUT2D eigenvalue weighted by Crippen LogP contribution is -2.34. The molecule has 3 unspecified atom stereocenters. The van der Waals surface area contributed by atoms with Crippen molar-refractivity contribution in [3.8, 4) is 0 Å². The molecule has 0 aliphatic heterocycles. The molecule has 1 rings (SSSR count). The Labute approximate surface area is 371 Å². The van der Waals surface area contributed by atoms with E-state index in [1.807, 2.05) is 18.7 Å². The van der Waals surface area contributed by atoms with Crippen LogP contribution in [-0.2, 0) is 25.6 Å². The fourth-order valence-corrected chi connectivity index (χ4v) is 8.52. The van der Waals surface area contributed by atoms with E-state index in [4.69, 9.17) is 9.47 Å². The van der Waals surface area contributed by atoms with E-state index in [-0.39, 0.29) is 11.9 Å². The molecule has 0 amide bonds. The molecule has 0 aliphatic carbocycles. The van der Waals surface area contributed by atoms with Crippen molar-refractivity contribution in [3.63, 3.8) is 0 Å². The number of hydrogen-bond acceptors (Lipinski definition) is 7. The molecule has 0 aromatic carbocycles. The van der Waals surface area contributed by atoms with Gasteiger partial charge < -0.3 is 24.0 Å². The van der Waals surface area contributed by atoms with Gasteiger partial charge >= 0.3 is 11.9 Å². The molecule has 0 bridgehead atoms. The number of hydrogen-bond donors (Lipinski definition) is 1. The van der Waals surface area contributed by atoms with Gasteiger partial charge in [-0.1, -0.05) is 175 Å². The third-order valence-electron chi connectivity index (χ3n) is 12.5. The first kappa shape index (κ1) is 56.1. The van der Waals surface area contributed by atoms with Gasteiger partial charge in [0.25, 0.3) is 0 Å². The molecule has 3 atom stereocenters. The number of imidazole rings is 1. The summed E-state index contributed by atoms with van der Waals surface area (Å²) < 4.78 is 13.8. The first-order valence-corrected chi connectivity index (χ1v) is 26.1. The molecule has 0 radical (unpaired) electrons. The maximum Gasteiger partial charge on any atom is 0.305 e. The van der Waals surface area contributed by atoms with Gasteiger partial charge in [-0.05, 0) is 82.7 Å². The molecule has 0 saturated heterocycles. The molecule has 0 fully saturated rings. The normalized spacial score (nSPS) is 13.2. The second-order valence-electron chi connectivity index (χ2n) is 18.4. The Morgan fingerprint density at radius 2 is 0.933 bits per heavy atom. The second kappa shape index (κ2) is 42.4. The zero-order valence-electron chi connectivity index (χ0n) is 40.2. The number of unbranched alkanes of at least 4 members (excludes halogenated alkanes) is 20. The third-order valence-corrected chi connectivity index (χ3v) is 12.5. The molecule has 1 aromatic heterocycles. The SMILES string of the molecule is CCCCCCCCC(CCCCCC)COC(=O)CCCCCCN(CCCn1ccnc1)CC(O)CCCCC(=O)OCC(CCCCCC)CCCCCCCC. The van der Waals surface area contributed by atoms with Crippen LogP contribution >= 0.6 is 0 Å².